The number of fused-ring (bicyclic) bond motifs is 5. The number of esters is 4. The second-order valence-corrected chi connectivity index (χ2v) is 18.5. The number of nitrogens with one attached hydrogen (secondary N) is 1. The van der Waals surface area contributed by atoms with E-state index in [1.807, 2.05) is 13.0 Å². The lowest BCUT2D eigenvalue weighted by Crippen LogP contribution is -2.77. The summed E-state index contributed by atoms with van der Waals surface area (Å²) < 4.78 is 25.4. The normalized spacial score (nSPS) is 31.9. The van der Waals surface area contributed by atoms with Crippen molar-refractivity contribution < 1.29 is 52.8 Å². The van der Waals surface area contributed by atoms with Crippen LogP contribution in [0.5, 0.6) is 0 Å². The predicted molar refractivity (Wildman–Crippen MR) is 227 cm³/mol. The molecule has 0 radical (unpaired) electrons. The highest BCUT2D eigenvalue weighted by atomic mass is 16.6. The third kappa shape index (κ3) is 7.33. The van der Waals surface area contributed by atoms with Crippen LogP contribution in [0.4, 0.5) is 0 Å². The van der Waals surface area contributed by atoms with Crippen LogP contribution in [0.1, 0.15) is 113 Å². The molecule has 2 N–H and O–H groups in total. The summed E-state index contributed by atoms with van der Waals surface area (Å²) in [5, 5.41) is 16.9. The Kier molecular flexibility index (Phi) is 11.9. The van der Waals surface area contributed by atoms with Gasteiger partial charge >= 0.3 is 23.9 Å². The second kappa shape index (κ2) is 16.6. The molecule has 0 aliphatic heterocycles. The third-order valence-corrected chi connectivity index (χ3v) is 14.8. The minimum atomic E-state index is -2.14. The fourth-order valence-electron chi connectivity index (χ4n) is 11.3. The number of benzene rings is 3. The van der Waals surface area contributed by atoms with Crippen molar-refractivity contribution in [3.8, 4) is 0 Å². The molecule has 3 aromatic rings. The summed E-state index contributed by atoms with van der Waals surface area (Å²) in [6, 6.07) is 25.1. The lowest BCUT2D eigenvalue weighted by Gasteiger charge is -2.68. The first kappa shape index (κ1) is 44.4. The fourth-order valence-corrected chi connectivity index (χ4v) is 11.3. The van der Waals surface area contributed by atoms with Gasteiger partial charge in [0.15, 0.2) is 11.9 Å². The lowest BCUT2D eigenvalue weighted by atomic mass is 9.39. The van der Waals surface area contributed by atoms with E-state index in [4.69, 9.17) is 18.9 Å². The maximum absolute atomic E-state index is 15.7. The highest BCUT2D eigenvalue weighted by molar-refractivity contribution is 5.96. The van der Waals surface area contributed by atoms with Crippen molar-refractivity contribution in [2.24, 2.45) is 34.5 Å². The molecule has 7 rings (SSSR count). The Balaban J connectivity index is 1.39. The molecule has 0 aromatic heterocycles. The number of ketones is 1. The van der Waals surface area contributed by atoms with E-state index in [0.717, 1.165) is 0 Å². The van der Waals surface area contributed by atoms with Gasteiger partial charge in [0.25, 0.3) is 5.91 Å². The highest BCUT2D eigenvalue weighted by Crippen LogP contribution is 2.68. The van der Waals surface area contributed by atoms with Crippen LogP contribution in [0.15, 0.2) is 102 Å². The monoisotopic (exact) mass is 847 g/mol. The summed E-state index contributed by atoms with van der Waals surface area (Å²) in [6.07, 6.45) is -3.14. The number of carbonyl (C=O) groups excluding carboxylic acids is 6. The lowest BCUT2D eigenvalue weighted by molar-refractivity contribution is -0.289. The molecule has 62 heavy (non-hydrogen) atoms. The van der Waals surface area contributed by atoms with Crippen molar-refractivity contribution in [2.45, 2.75) is 117 Å². The van der Waals surface area contributed by atoms with Crippen molar-refractivity contribution in [2.75, 3.05) is 0 Å². The Morgan fingerprint density at radius 1 is 0.806 bits per heavy atom. The number of amides is 1. The Labute approximate surface area is 362 Å². The van der Waals surface area contributed by atoms with Crippen LogP contribution in [0.2, 0.25) is 0 Å². The van der Waals surface area contributed by atoms with Gasteiger partial charge in [0.05, 0.1) is 23.4 Å². The number of ether oxygens (including phenoxy) is 4. The Morgan fingerprint density at radius 3 is 1.94 bits per heavy atom. The minimum absolute atomic E-state index is 0.196. The maximum Gasteiger partial charge on any atom is 0.338 e. The summed E-state index contributed by atoms with van der Waals surface area (Å²) in [4.78, 5) is 84.5. The first-order chi connectivity index (χ1) is 29.3. The number of Topliss-reactive ketones (excluding diaryl/α,β-unsaturated/α-hetero) is 1. The van der Waals surface area contributed by atoms with Crippen LogP contribution < -0.4 is 5.32 Å². The SMILES string of the molecule is CC(=O)O[C@H]1C(=O)[C@]2(C)[C@@H](C)CC3CC[C@@]3(OC(C)=O)[C@H]2[C@H](OC(=O)c2ccccc2)[C@]2(O)C[C@H](OC(=O)[C@H](C)[C@@H](NC(=O)c3ccccc3)c3ccccc3)C(C)=C1C2(C)C. The van der Waals surface area contributed by atoms with Crippen LogP contribution in [0, 0.1) is 34.5 Å². The second-order valence-electron chi connectivity index (χ2n) is 18.5. The maximum atomic E-state index is 15.7. The van der Waals surface area contributed by atoms with Gasteiger partial charge in [-0.3, -0.25) is 24.0 Å². The van der Waals surface area contributed by atoms with E-state index >= 15 is 4.79 Å². The zero-order valence-electron chi connectivity index (χ0n) is 36.6. The van der Waals surface area contributed by atoms with Crippen molar-refractivity contribution in [3.63, 3.8) is 0 Å². The number of rotatable bonds is 10. The molecule has 12 heteroatoms. The van der Waals surface area contributed by atoms with Gasteiger partial charge in [0.2, 0.25) is 0 Å². The Bertz CT molecular complexity index is 2270. The zero-order chi connectivity index (χ0) is 44.9. The van der Waals surface area contributed by atoms with Gasteiger partial charge in [0, 0.05) is 36.7 Å². The fraction of sp³-hybridized carbons (Fsp3) is 0.480. The van der Waals surface area contributed by atoms with Gasteiger partial charge in [-0.1, -0.05) is 94.4 Å². The number of aliphatic hydroxyl groups is 1. The van der Waals surface area contributed by atoms with Crippen molar-refractivity contribution in [1.82, 2.24) is 5.32 Å². The quantitative estimate of drug-likeness (QED) is 0.119. The van der Waals surface area contributed by atoms with Crippen LogP contribution in [-0.4, -0.2) is 70.2 Å². The Hall–Kier alpha value is -5.62. The molecular weight excluding hydrogens is 791 g/mol. The van der Waals surface area contributed by atoms with E-state index in [0.29, 0.717) is 36.0 Å². The van der Waals surface area contributed by atoms with Gasteiger partial charge in [0.1, 0.15) is 23.4 Å². The molecule has 0 saturated heterocycles. The van der Waals surface area contributed by atoms with Gasteiger partial charge in [-0.15, -0.1) is 0 Å². The average Bonchev–Trinajstić information content (AvgIpc) is 3.24. The zero-order valence-corrected chi connectivity index (χ0v) is 36.6. The molecular formula is C50H57NO11. The highest BCUT2D eigenvalue weighted by Gasteiger charge is 2.76. The predicted octanol–water partition coefficient (Wildman–Crippen LogP) is 7.30. The molecule has 3 aromatic carbocycles. The molecule has 4 aliphatic carbocycles. The molecule has 3 fully saturated rings. The van der Waals surface area contributed by atoms with Crippen LogP contribution in [-0.2, 0) is 38.1 Å². The molecule has 11 atom stereocenters. The molecule has 3 saturated carbocycles. The molecule has 1 amide bonds. The summed E-state index contributed by atoms with van der Waals surface area (Å²) in [6.45, 7) is 12.9. The van der Waals surface area contributed by atoms with Crippen molar-refractivity contribution in [1.29, 1.82) is 0 Å². The Morgan fingerprint density at radius 2 is 1.39 bits per heavy atom. The average molecular weight is 848 g/mol. The summed E-state index contributed by atoms with van der Waals surface area (Å²) in [5.74, 6) is -6.50. The molecule has 12 nitrogen and oxygen atoms in total. The van der Waals surface area contributed by atoms with E-state index in [1.54, 1.807) is 120 Å². The first-order valence-electron chi connectivity index (χ1n) is 21.5. The van der Waals surface area contributed by atoms with Crippen LogP contribution in [0.3, 0.4) is 0 Å². The first-order valence-corrected chi connectivity index (χ1v) is 21.5. The van der Waals surface area contributed by atoms with E-state index in [1.165, 1.54) is 13.8 Å². The smallest absolute Gasteiger partial charge is 0.338 e. The van der Waals surface area contributed by atoms with Crippen molar-refractivity contribution in [3.05, 3.63) is 119 Å². The van der Waals surface area contributed by atoms with E-state index in [-0.39, 0.29) is 23.5 Å². The molecule has 1 unspecified atom stereocenters. The van der Waals surface area contributed by atoms with Gasteiger partial charge in [-0.2, -0.15) is 0 Å². The molecule has 2 bridgehead atoms. The molecule has 328 valence electrons. The standard InChI is InChI=1S/C50H57NO11/c1-28-26-36-24-25-49(36,62-32(5)53)41-43(61-46(57)35-22-16-11-17-23-35)50(58)27-37(29(2)38(47(50,6)7)40(59-31(4)52)42(54)48(28,41)8)60-45(56)30(3)39(33-18-12-9-13-19-33)51-44(55)34-20-14-10-15-21-34/h9-23,28,30,36-37,39-41,43,58H,24-27H2,1-8H3,(H,51,55)/t28-,30+,36?,37-,39+,40+,41-,43-,48+,49-,50+/m0/s1. The minimum Gasteiger partial charge on any atom is -0.458 e. The number of carbonyl (C=O) groups is 6. The van der Waals surface area contributed by atoms with E-state index < -0.39 is 99.7 Å². The molecule has 4 aliphatic rings. The largest absolute Gasteiger partial charge is 0.458 e. The summed E-state index contributed by atoms with van der Waals surface area (Å²) >= 11 is 0. The topological polar surface area (TPSA) is 172 Å². The van der Waals surface area contributed by atoms with Crippen LogP contribution >= 0.6 is 0 Å². The van der Waals surface area contributed by atoms with Crippen molar-refractivity contribution >= 4 is 35.6 Å². The van der Waals surface area contributed by atoms with Gasteiger partial charge in [-0.05, 0) is 85.9 Å². The number of hydrogen-bond acceptors (Lipinski definition) is 11. The van der Waals surface area contributed by atoms with Gasteiger partial charge < -0.3 is 29.4 Å². The van der Waals surface area contributed by atoms with E-state index in [2.05, 4.69) is 5.32 Å². The van der Waals surface area contributed by atoms with E-state index in [9.17, 15) is 29.1 Å². The van der Waals surface area contributed by atoms with Gasteiger partial charge in [-0.25, -0.2) is 4.79 Å². The number of hydrogen-bond donors (Lipinski definition) is 2. The molecule has 0 heterocycles. The molecule has 0 spiro atoms. The summed E-state index contributed by atoms with van der Waals surface area (Å²) in [7, 11) is 0. The van der Waals surface area contributed by atoms with Crippen LogP contribution in [0.25, 0.3) is 0 Å². The third-order valence-electron chi connectivity index (χ3n) is 14.8. The summed E-state index contributed by atoms with van der Waals surface area (Å²) in [5.41, 5.74) is -4.61.